The summed E-state index contributed by atoms with van der Waals surface area (Å²) < 4.78 is 11.5. The molecule has 0 aliphatic carbocycles. The van der Waals surface area contributed by atoms with E-state index in [4.69, 9.17) is 14.6 Å². The first-order valence-corrected chi connectivity index (χ1v) is 12.7. The third-order valence-corrected chi connectivity index (χ3v) is 6.58. The number of carbonyl (C=O) groups is 2. The number of benzene rings is 1. The quantitative estimate of drug-likeness (QED) is 0.418. The van der Waals surface area contributed by atoms with Gasteiger partial charge in [-0.1, -0.05) is 51.7 Å². The molecule has 33 heavy (non-hydrogen) atoms. The van der Waals surface area contributed by atoms with Gasteiger partial charge in [-0.25, -0.2) is 4.79 Å². The van der Waals surface area contributed by atoms with Gasteiger partial charge in [0.25, 0.3) is 0 Å². The van der Waals surface area contributed by atoms with Crippen LogP contribution in [0.3, 0.4) is 0 Å². The smallest absolute Gasteiger partial charge is 0.329 e. The first-order chi connectivity index (χ1) is 15.9. The zero-order valence-electron chi connectivity index (χ0n) is 20.8. The summed E-state index contributed by atoms with van der Waals surface area (Å²) in [5, 5.41) is 8.92. The standard InChI is InChI=1S/C27H43NO5/c1-4-5-6-10-24-15-12-21(2)9-7-8-11-26(30)28(3)25(27(31)33-24)20-22-13-16-23(17-14-22)32-19-18-29/h13-14,16-17,21,24-25,29H,4-12,15,18-20H2,1-3H3/t21-,24?,25+/m1/s1. The molecule has 6 nitrogen and oxygen atoms in total. The maximum Gasteiger partial charge on any atom is 0.329 e. The van der Waals surface area contributed by atoms with Crippen LogP contribution in [0.15, 0.2) is 24.3 Å². The molecule has 1 aliphatic heterocycles. The fourth-order valence-corrected chi connectivity index (χ4v) is 4.35. The lowest BCUT2D eigenvalue weighted by Crippen LogP contribution is -2.45. The molecule has 1 aromatic carbocycles. The van der Waals surface area contributed by atoms with Gasteiger partial charge in [-0.15, -0.1) is 0 Å². The van der Waals surface area contributed by atoms with Crippen molar-refractivity contribution in [2.75, 3.05) is 20.3 Å². The van der Waals surface area contributed by atoms with Crippen molar-refractivity contribution in [1.82, 2.24) is 4.90 Å². The molecule has 0 aromatic heterocycles. The molecule has 1 aromatic rings. The summed E-state index contributed by atoms with van der Waals surface area (Å²) in [6, 6.07) is 6.81. The van der Waals surface area contributed by atoms with E-state index in [0.29, 0.717) is 24.5 Å². The number of hydrogen-bond donors (Lipinski definition) is 1. The number of likely N-dealkylation sites (N-methyl/N-ethyl adjacent to an activating group) is 1. The Morgan fingerprint density at radius 2 is 1.85 bits per heavy atom. The number of cyclic esters (lactones) is 1. The number of rotatable bonds is 9. The Labute approximate surface area is 199 Å². The monoisotopic (exact) mass is 461 g/mol. The summed E-state index contributed by atoms with van der Waals surface area (Å²) in [4.78, 5) is 27.8. The molecule has 0 bridgehead atoms. The molecule has 2 rings (SSSR count). The Morgan fingerprint density at radius 3 is 2.55 bits per heavy atom. The van der Waals surface area contributed by atoms with Gasteiger partial charge in [-0.3, -0.25) is 4.79 Å². The van der Waals surface area contributed by atoms with Crippen LogP contribution in [0, 0.1) is 5.92 Å². The topological polar surface area (TPSA) is 76.1 Å². The van der Waals surface area contributed by atoms with Gasteiger partial charge in [0.1, 0.15) is 24.5 Å². The highest BCUT2D eigenvalue weighted by molar-refractivity contribution is 5.84. The van der Waals surface area contributed by atoms with Gasteiger partial charge in [0, 0.05) is 19.9 Å². The molecule has 1 N–H and O–H groups in total. The molecule has 186 valence electrons. The highest BCUT2D eigenvalue weighted by Crippen LogP contribution is 2.23. The fraction of sp³-hybridized carbons (Fsp3) is 0.704. The second-order valence-corrected chi connectivity index (χ2v) is 9.42. The summed E-state index contributed by atoms with van der Waals surface area (Å²) in [7, 11) is 1.72. The molecule has 0 radical (unpaired) electrons. The molecular weight excluding hydrogens is 418 g/mol. The highest BCUT2D eigenvalue weighted by Gasteiger charge is 2.30. The summed E-state index contributed by atoms with van der Waals surface area (Å²) in [5.41, 5.74) is 0.938. The first kappa shape index (κ1) is 27.2. The Morgan fingerprint density at radius 1 is 1.09 bits per heavy atom. The summed E-state index contributed by atoms with van der Waals surface area (Å²) >= 11 is 0. The van der Waals surface area contributed by atoms with Crippen LogP contribution in [0.2, 0.25) is 0 Å². The van der Waals surface area contributed by atoms with Crippen LogP contribution >= 0.6 is 0 Å². The largest absolute Gasteiger partial charge is 0.491 e. The minimum absolute atomic E-state index is 0.00529. The van der Waals surface area contributed by atoms with E-state index in [9.17, 15) is 9.59 Å². The van der Waals surface area contributed by atoms with Crippen LogP contribution in [0.25, 0.3) is 0 Å². The van der Waals surface area contributed by atoms with Crippen molar-refractivity contribution in [1.29, 1.82) is 0 Å². The lowest BCUT2D eigenvalue weighted by molar-refractivity contribution is -0.159. The molecule has 1 heterocycles. The number of amides is 1. The van der Waals surface area contributed by atoms with Crippen molar-refractivity contribution < 1.29 is 24.2 Å². The molecule has 3 atom stereocenters. The number of esters is 1. The molecular formula is C27H43NO5. The van der Waals surface area contributed by atoms with Crippen molar-refractivity contribution in [3.05, 3.63) is 29.8 Å². The molecule has 1 fully saturated rings. The molecule has 1 amide bonds. The summed E-state index contributed by atoms with van der Waals surface area (Å²) in [6.45, 7) is 4.63. The van der Waals surface area contributed by atoms with Crippen LogP contribution in [0.1, 0.15) is 83.6 Å². The average molecular weight is 462 g/mol. The normalized spacial score (nSPS) is 23.3. The van der Waals surface area contributed by atoms with Crippen molar-refractivity contribution in [2.45, 2.75) is 96.6 Å². The van der Waals surface area contributed by atoms with Crippen LogP contribution in [-0.2, 0) is 20.7 Å². The van der Waals surface area contributed by atoms with Crippen LogP contribution < -0.4 is 4.74 Å². The van der Waals surface area contributed by atoms with E-state index >= 15 is 0 Å². The molecule has 1 aliphatic rings. The summed E-state index contributed by atoms with van der Waals surface area (Å²) in [6.07, 6.45) is 9.91. The van der Waals surface area contributed by atoms with E-state index in [1.54, 1.807) is 11.9 Å². The van der Waals surface area contributed by atoms with Gasteiger partial charge < -0.3 is 19.5 Å². The van der Waals surface area contributed by atoms with E-state index < -0.39 is 6.04 Å². The van der Waals surface area contributed by atoms with E-state index in [1.165, 1.54) is 0 Å². The van der Waals surface area contributed by atoms with Gasteiger partial charge >= 0.3 is 5.97 Å². The van der Waals surface area contributed by atoms with Crippen molar-refractivity contribution >= 4 is 11.9 Å². The zero-order chi connectivity index (χ0) is 24.1. The van der Waals surface area contributed by atoms with Crippen molar-refractivity contribution in [3.8, 4) is 5.75 Å². The molecule has 0 spiro atoms. The minimum atomic E-state index is -0.645. The van der Waals surface area contributed by atoms with E-state index in [-0.39, 0.29) is 31.2 Å². The Hall–Kier alpha value is -2.08. The average Bonchev–Trinajstić information content (AvgIpc) is 2.82. The predicted molar refractivity (Wildman–Crippen MR) is 130 cm³/mol. The number of ether oxygens (including phenoxy) is 2. The Bertz CT molecular complexity index is 705. The second kappa shape index (κ2) is 14.9. The lowest BCUT2D eigenvalue weighted by atomic mass is 9.95. The second-order valence-electron chi connectivity index (χ2n) is 9.42. The predicted octanol–water partition coefficient (Wildman–Crippen LogP) is 4.91. The lowest BCUT2D eigenvalue weighted by Gasteiger charge is -2.29. The number of aliphatic hydroxyl groups excluding tert-OH is 1. The number of aliphatic hydroxyl groups is 1. The maximum atomic E-state index is 13.3. The van der Waals surface area contributed by atoms with E-state index in [0.717, 1.165) is 63.4 Å². The molecule has 1 saturated heterocycles. The highest BCUT2D eigenvalue weighted by atomic mass is 16.5. The number of unbranched alkanes of at least 4 members (excludes halogenated alkanes) is 2. The van der Waals surface area contributed by atoms with Crippen LogP contribution in [0.4, 0.5) is 0 Å². The minimum Gasteiger partial charge on any atom is -0.491 e. The number of hydrogen-bond acceptors (Lipinski definition) is 5. The Balaban J connectivity index is 2.17. The summed E-state index contributed by atoms with van der Waals surface area (Å²) in [5.74, 6) is 0.933. The van der Waals surface area contributed by atoms with Gasteiger partial charge in [-0.05, 0) is 55.7 Å². The van der Waals surface area contributed by atoms with Crippen molar-refractivity contribution in [3.63, 3.8) is 0 Å². The number of carbonyl (C=O) groups excluding carboxylic acids is 2. The van der Waals surface area contributed by atoms with Gasteiger partial charge in [0.2, 0.25) is 5.91 Å². The maximum absolute atomic E-state index is 13.3. The first-order valence-electron chi connectivity index (χ1n) is 12.7. The fourth-order valence-electron chi connectivity index (χ4n) is 4.35. The third-order valence-electron chi connectivity index (χ3n) is 6.58. The van der Waals surface area contributed by atoms with Gasteiger partial charge in [-0.2, -0.15) is 0 Å². The molecule has 6 heteroatoms. The van der Waals surface area contributed by atoms with E-state index in [2.05, 4.69) is 13.8 Å². The van der Waals surface area contributed by atoms with Gasteiger partial charge in [0.05, 0.1) is 6.61 Å². The Kier molecular flexibility index (Phi) is 12.3. The third kappa shape index (κ3) is 9.75. The zero-order valence-corrected chi connectivity index (χ0v) is 20.8. The van der Waals surface area contributed by atoms with Crippen molar-refractivity contribution in [2.24, 2.45) is 5.92 Å². The SMILES string of the molecule is CCCCCC1CC[C@H](C)CCCCC(=O)N(C)[C@@H](Cc2ccc(OCCO)cc2)C(=O)O1. The molecule has 1 unspecified atom stereocenters. The molecule has 0 saturated carbocycles. The van der Waals surface area contributed by atoms with E-state index in [1.807, 2.05) is 24.3 Å². The van der Waals surface area contributed by atoms with Crippen LogP contribution in [-0.4, -0.2) is 54.3 Å². The van der Waals surface area contributed by atoms with Gasteiger partial charge in [0.15, 0.2) is 0 Å². The van der Waals surface area contributed by atoms with Crippen LogP contribution in [0.5, 0.6) is 5.75 Å². The number of nitrogens with zero attached hydrogens (tertiary/aromatic N) is 1.